The first-order valence-corrected chi connectivity index (χ1v) is 7.34. The van der Waals surface area contributed by atoms with Gasteiger partial charge in [-0.05, 0) is 51.0 Å². The summed E-state index contributed by atoms with van der Waals surface area (Å²) in [7, 11) is 1.73. The van der Waals surface area contributed by atoms with Crippen LogP contribution >= 0.6 is 0 Å². The molecule has 0 heterocycles. The normalized spacial score (nSPS) is 26.8. The molecule has 2 aliphatic carbocycles. The van der Waals surface area contributed by atoms with Crippen molar-refractivity contribution in [3.8, 4) is 0 Å². The molecule has 0 saturated heterocycles. The van der Waals surface area contributed by atoms with Gasteiger partial charge in [0, 0.05) is 19.0 Å². The van der Waals surface area contributed by atoms with Crippen molar-refractivity contribution >= 4 is 11.8 Å². The molecule has 19 heavy (non-hydrogen) atoms. The van der Waals surface area contributed by atoms with Crippen molar-refractivity contribution in [2.45, 2.75) is 44.6 Å². The molecule has 0 aromatic heterocycles. The minimum Gasteiger partial charge on any atom is -0.352 e. The molecule has 0 unspecified atom stereocenters. The molecule has 0 bridgehead atoms. The molecular weight excluding hydrogens is 242 g/mol. The lowest BCUT2D eigenvalue weighted by Gasteiger charge is -2.29. The molecule has 108 valence electrons. The van der Waals surface area contributed by atoms with Crippen LogP contribution in [0.4, 0.5) is 0 Å². The number of rotatable bonds is 5. The fraction of sp³-hybridized carbons (Fsp3) is 0.857. The summed E-state index contributed by atoms with van der Waals surface area (Å²) in [5.74, 6) is 0.740. The summed E-state index contributed by atoms with van der Waals surface area (Å²) >= 11 is 0. The number of nitrogens with one attached hydrogen (secondary N) is 1. The van der Waals surface area contributed by atoms with Gasteiger partial charge < -0.3 is 16.0 Å². The van der Waals surface area contributed by atoms with Crippen molar-refractivity contribution in [1.29, 1.82) is 0 Å². The Morgan fingerprint density at radius 1 is 1.16 bits per heavy atom. The number of nitrogens with zero attached hydrogens (tertiary/aromatic N) is 1. The van der Waals surface area contributed by atoms with E-state index in [0.29, 0.717) is 12.0 Å². The highest BCUT2D eigenvalue weighted by atomic mass is 16.2. The largest absolute Gasteiger partial charge is 0.352 e. The highest BCUT2D eigenvalue weighted by molar-refractivity contribution is 5.86. The van der Waals surface area contributed by atoms with Crippen LogP contribution in [0.5, 0.6) is 0 Å². The second-order valence-corrected chi connectivity index (χ2v) is 5.99. The van der Waals surface area contributed by atoms with Crippen LogP contribution in [0.1, 0.15) is 38.5 Å². The van der Waals surface area contributed by atoms with Gasteiger partial charge >= 0.3 is 0 Å². The van der Waals surface area contributed by atoms with Crippen LogP contribution in [0.15, 0.2) is 0 Å². The van der Waals surface area contributed by atoms with Gasteiger partial charge in [-0.1, -0.05) is 0 Å². The molecule has 2 saturated carbocycles. The Kier molecular flexibility index (Phi) is 4.80. The molecule has 5 heteroatoms. The van der Waals surface area contributed by atoms with Crippen molar-refractivity contribution in [3.05, 3.63) is 0 Å². The van der Waals surface area contributed by atoms with Gasteiger partial charge in [0.05, 0.1) is 6.54 Å². The van der Waals surface area contributed by atoms with E-state index in [4.69, 9.17) is 5.73 Å². The molecular formula is C14H25N3O2. The van der Waals surface area contributed by atoms with E-state index in [1.54, 1.807) is 11.9 Å². The molecule has 5 nitrogen and oxygen atoms in total. The van der Waals surface area contributed by atoms with Gasteiger partial charge in [0.25, 0.3) is 0 Å². The summed E-state index contributed by atoms with van der Waals surface area (Å²) in [5.41, 5.74) is 5.65. The molecule has 2 amide bonds. The van der Waals surface area contributed by atoms with Gasteiger partial charge in [-0.3, -0.25) is 9.59 Å². The first kappa shape index (κ1) is 14.3. The second kappa shape index (κ2) is 6.37. The molecule has 0 aromatic rings. The number of carbonyl (C=O) groups excluding carboxylic acids is 2. The average molecular weight is 267 g/mol. The van der Waals surface area contributed by atoms with E-state index in [2.05, 4.69) is 5.32 Å². The molecule has 0 radical (unpaired) electrons. The van der Waals surface area contributed by atoms with Crippen LogP contribution in [0, 0.1) is 11.8 Å². The van der Waals surface area contributed by atoms with E-state index in [-0.39, 0.29) is 24.3 Å². The molecule has 0 spiro atoms. The Balaban J connectivity index is 1.73. The SMILES string of the molecule is CN(CC(=O)NC1CC1)C(=O)C1CCC(CN)CC1. The molecule has 0 atom stereocenters. The smallest absolute Gasteiger partial charge is 0.239 e. The van der Waals surface area contributed by atoms with Gasteiger partial charge in [0.2, 0.25) is 11.8 Å². The monoisotopic (exact) mass is 267 g/mol. The first-order valence-electron chi connectivity index (χ1n) is 7.34. The fourth-order valence-corrected chi connectivity index (χ4v) is 2.75. The van der Waals surface area contributed by atoms with E-state index in [0.717, 1.165) is 45.1 Å². The van der Waals surface area contributed by atoms with Crippen LogP contribution in [-0.2, 0) is 9.59 Å². The lowest BCUT2D eigenvalue weighted by atomic mass is 9.81. The van der Waals surface area contributed by atoms with Crippen molar-refractivity contribution in [1.82, 2.24) is 10.2 Å². The Labute approximate surface area is 114 Å². The minimum atomic E-state index is -0.0333. The highest BCUT2D eigenvalue weighted by Gasteiger charge is 2.29. The van der Waals surface area contributed by atoms with E-state index in [9.17, 15) is 9.59 Å². The number of hydrogen-bond donors (Lipinski definition) is 2. The number of nitrogens with two attached hydrogens (primary N) is 1. The van der Waals surface area contributed by atoms with Gasteiger partial charge in [0.15, 0.2) is 0 Å². The van der Waals surface area contributed by atoms with E-state index < -0.39 is 0 Å². The third-order valence-corrected chi connectivity index (χ3v) is 4.23. The van der Waals surface area contributed by atoms with Crippen LogP contribution in [-0.4, -0.2) is 42.9 Å². The van der Waals surface area contributed by atoms with Gasteiger partial charge in [-0.2, -0.15) is 0 Å². The standard InChI is InChI=1S/C14H25N3O2/c1-17(9-13(18)16-12-6-7-12)14(19)11-4-2-10(8-15)3-5-11/h10-12H,2-9,15H2,1H3,(H,16,18). The number of hydrogen-bond acceptors (Lipinski definition) is 3. The fourth-order valence-electron chi connectivity index (χ4n) is 2.75. The third-order valence-electron chi connectivity index (χ3n) is 4.23. The highest BCUT2D eigenvalue weighted by Crippen LogP contribution is 2.29. The van der Waals surface area contributed by atoms with Crippen molar-refractivity contribution in [3.63, 3.8) is 0 Å². The van der Waals surface area contributed by atoms with Crippen LogP contribution in [0.2, 0.25) is 0 Å². The lowest BCUT2D eigenvalue weighted by molar-refractivity contribution is -0.139. The summed E-state index contributed by atoms with van der Waals surface area (Å²) in [5, 5.41) is 2.91. The Morgan fingerprint density at radius 3 is 2.32 bits per heavy atom. The van der Waals surface area contributed by atoms with E-state index >= 15 is 0 Å². The van der Waals surface area contributed by atoms with Crippen LogP contribution in [0.3, 0.4) is 0 Å². The summed E-state index contributed by atoms with van der Waals surface area (Å²) in [4.78, 5) is 25.5. The van der Waals surface area contributed by atoms with Crippen molar-refractivity contribution in [2.24, 2.45) is 17.6 Å². The number of amides is 2. The zero-order chi connectivity index (χ0) is 13.8. The number of likely N-dealkylation sites (N-methyl/N-ethyl adjacent to an activating group) is 1. The maximum Gasteiger partial charge on any atom is 0.239 e. The maximum atomic E-state index is 12.2. The molecule has 0 aromatic carbocycles. The van der Waals surface area contributed by atoms with Gasteiger partial charge in [-0.15, -0.1) is 0 Å². The maximum absolute atomic E-state index is 12.2. The Bertz CT molecular complexity index is 334. The van der Waals surface area contributed by atoms with Crippen molar-refractivity contribution < 1.29 is 9.59 Å². The van der Waals surface area contributed by atoms with Gasteiger partial charge in [-0.25, -0.2) is 0 Å². The summed E-state index contributed by atoms with van der Waals surface area (Å²) in [6.45, 7) is 0.909. The second-order valence-electron chi connectivity index (χ2n) is 5.99. The molecule has 0 aliphatic heterocycles. The van der Waals surface area contributed by atoms with Gasteiger partial charge in [0.1, 0.15) is 0 Å². The minimum absolute atomic E-state index is 0.0333. The summed E-state index contributed by atoms with van der Waals surface area (Å²) in [6, 6.07) is 0.357. The van der Waals surface area contributed by atoms with E-state index in [1.165, 1.54) is 0 Å². The molecule has 2 fully saturated rings. The number of carbonyl (C=O) groups is 2. The zero-order valence-electron chi connectivity index (χ0n) is 11.7. The van der Waals surface area contributed by atoms with E-state index in [1.807, 2.05) is 0 Å². The average Bonchev–Trinajstić information content (AvgIpc) is 3.21. The van der Waals surface area contributed by atoms with Crippen molar-refractivity contribution in [2.75, 3.05) is 20.1 Å². The molecule has 3 N–H and O–H groups in total. The molecule has 2 rings (SSSR count). The zero-order valence-corrected chi connectivity index (χ0v) is 11.7. The lowest BCUT2D eigenvalue weighted by Crippen LogP contribution is -2.42. The predicted octanol–water partition coefficient (Wildman–Crippen LogP) is 0.489. The summed E-state index contributed by atoms with van der Waals surface area (Å²) < 4.78 is 0. The van der Waals surface area contributed by atoms with Crippen LogP contribution in [0.25, 0.3) is 0 Å². The molecule has 2 aliphatic rings. The Morgan fingerprint density at radius 2 is 1.79 bits per heavy atom. The first-order chi connectivity index (χ1) is 9.10. The Hall–Kier alpha value is -1.10. The quantitative estimate of drug-likeness (QED) is 0.761. The van der Waals surface area contributed by atoms with Crippen LogP contribution < -0.4 is 11.1 Å². The summed E-state index contributed by atoms with van der Waals surface area (Å²) in [6.07, 6.45) is 6.05. The third kappa shape index (κ3) is 4.20. The predicted molar refractivity (Wildman–Crippen MR) is 73.3 cm³/mol. The topological polar surface area (TPSA) is 75.4 Å².